The van der Waals surface area contributed by atoms with Gasteiger partial charge in [-0.2, -0.15) is 0 Å². The molecular formula is C17H17N3O. The maximum Gasteiger partial charge on any atom is 0.220 e. The van der Waals surface area contributed by atoms with E-state index in [0.717, 1.165) is 23.3 Å². The molecule has 0 atom stereocenters. The van der Waals surface area contributed by atoms with Crippen molar-refractivity contribution in [3.63, 3.8) is 0 Å². The molecule has 2 aromatic carbocycles. The third-order valence-corrected chi connectivity index (χ3v) is 3.37. The van der Waals surface area contributed by atoms with Gasteiger partial charge in [0.05, 0.1) is 17.6 Å². The number of para-hydroxylation sites is 2. The number of hydrogen-bond acceptors (Lipinski definition) is 2. The lowest BCUT2D eigenvalue weighted by atomic mass is 10.1. The minimum atomic E-state index is 0.0410. The maximum atomic E-state index is 11.9. The molecule has 0 aliphatic carbocycles. The average Bonchev–Trinajstić information content (AvgIpc) is 2.95. The molecule has 0 spiro atoms. The number of fused-ring (bicyclic) bond motifs is 1. The summed E-state index contributed by atoms with van der Waals surface area (Å²) in [5.74, 6) is 0.823. The standard InChI is InChI=1S/C17H17N3O/c21-17(11-10-13-6-2-1-3-7-13)18-12-16-19-14-8-4-5-9-15(14)20-16/h1-9H,10-12H2,(H,18,21)(H,19,20). The molecule has 0 unspecified atom stereocenters. The maximum absolute atomic E-state index is 11.9. The Morgan fingerprint density at radius 2 is 1.81 bits per heavy atom. The Labute approximate surface area is 123 Å². The first-order valence-corrected chi connectivity index (χ1v) is 7.05. The van der Waals surface area contributed by atoms with Gasteiger partial charge in [-0.1, -0.05) is 42.5 Å². The van der Waals surface area contributed by atoms with Crippen LogP contribution in [0.15, 0.2) is 54.6 Å². The lowest BCUT2D eigenvalue weighted by Gasteiger charge is -2.03. The van der Waals surface area contributed by atoms with Gasteiger partial charge >= 0.3 is 0 Å². The van der Waals surface area contributed by atoms with Gasteiger partial charge in [0, 0.05) is 6.42 Å². The molecule has 3 aromatic rings. The lowest BCUT2D eigenvalue weighted by molar-refractivity contribution is -0.121. The van der Waals surface area contributed by atoms with Crippen LogP contribution in [0, 0.1) is 0 Å². The second kappa shape index (κ2) is 6.22. The fourth-order valence-corrected chi connectivity index (χ4v) is 2.26. The van der Waals surface area contributed by atoms with Gasteiger partial charge in [-0.25, -0.2) is 4.98 Å². The highest BCUT2D eigenvalue weighted by molar-refractivity contribution is 5.77. The third-order valence-electron chi connectivity index (χ3n) is 3.37. The predicted molar refractivity (Wildman–Crippen MR) is 82.7 cm³/mol. The van der Waals surface area contributed by atoms with E-state index in [4.69, 9.17) is 0 Å². The third kappa shape index (κ3) is 3.48. The number of carbonyl (C=O) groups is 1. The number of rotatable bonds is 5. The summed E-state index contributed by atoms with van der Waals surface area (Å²) >= 11 is 0. The van der Waals surface area contributed by atoms with E-state index in [9.17, 15) is 4.79 Å². The summed E-state index contributed by atoms with van der Waals surface area (Å²) in [4.78, 5) is 19.5. The van der Waals surface area contributed by atoms with Crippen molar-refractivity contribution in [2.75, 3.05) is 0 Å². The van der Waals surface area contributed by atoms with Crippen molar-refractivity contribution in [2.24, 2.45) is 0 Å². The van der Waals surface area contributed by atoms with Gasteiger partial charge in [0.15, 0.2) is 0 Å². The molecule has 0 aliphatic heterocycles. The van der Waals surface area contributed by atoms with Crippen molar-refractivity contribution >= 4 is 16.9 Å². The summed E-state index contributed by atoms with van der Waals surface area (Å²) < 4.78 is 0. The zero-order valence-corrected chi connectivity index (χ0v) is 11.7. The second-order valence-corrected chi connectivity index (χ2v) is 4.96. The Balaban J connectivity index is 1.51. The molecule has 0 aliphatic rings. The predicted octanol–water partition coefficient (Wildman–Crippen LogP) is 2.81. The summed E-state index contributed by atoms with van der Waals surface area (Å²) in [6.07, 6.45) is 1.25. The molecule has 2 N–H and O–H groups in total. The highest BCUT2D eigenvalue weighted by atomic mass is 16.1. The molecule has 0 radical (unpaired) electrons. The lowest BCUT2D eigenvalue weighted by Crippen LogP contribution is -2.23. The molecule has 0 bridgehead atoms. The molecule has 4 heteroatoms. The highest BCUT2D eigenvalue weighted by Crippen LogP contribution is 2.10. The number of carbonyl (C=O) groups excluding carboxylic acids is 1. The molecule has 1 aromatic heterocycles. The first-order chi connectivity index (χ1) is 10.3. The zero-order chi connectivity index (χ0) is 14.5. The van der Waals surface area contributed by atoms with Gasteiger partial charge in [-0.15, -0.1) is 0 Å². The normalized spacial score (nSPS) is 10.7. The van der Waals surface area contributed by atoms with Gasteiger partial charge in [-0.3, -0.25) is 4.79 Å². The van der Waals surface area contributed by atoms with E-state index in [1.165, 1.54) is 5.56 Å². The van der Waals surface area contributed by atoms with Gasteiger partial charge in [0.1, 0.15) is 5.82 Å². The van der Waals surface area contributed by atoms with Crippen LogP contribution < -0.4 is 5.32 Å². The van der Waals surface area contributed by atoms with Crippen LogP contribution in [0.3, 0.4) is 0 Å². The largest absolute Gasteiger partial charge is 0.349 e. The number of benzene rings is 2. The van der Waals surface area contributed by atoms with Crippen molar-refractivity contribution in [2.45, 2.75) is 19.4 Å². The molecule has 0 saturated heterocycles. The molecular weight excluding hydrogens is 262 g/mol. The van der Waals surface area contributed by atoms with E-state index in [-0.39, 0.29) is 5.91 Å². The number of aromatic amines is 1. The monoisotopic (exact) mass is 279 g/mol. The molecule has 1 heterocycles. The Morgan fingerprint density at radius 1 is 1.05 bits per heavy atom. The first-order valence-electron chi connectivity index (χ1n) is 7.05. The van der Waals surface area contributed by atoms with E-state index >= 15 is 0 Å². The topological polar surface area (TPSA) is 57.8 Å². The van der Waals surface area contributed by atoms with Crippen LogP contribution in [0.5, 0.6) is 0 Å². The quantitative estimate of drug-likeness (QED) is 0.754. The summed E-state index contributed by atoms with van der Waals surface area (Å²) in [6, 6.07) is 17.9. The van der Waals surface area contributed by atoms with Crippen molar-refractivity contribution in [3.8, 4) is 0 Å². The summed E-state index contributed by atoms with van der Waals surface area (Å²) in [5.41, 5.74) is 3.09. The van der Waals surface area contributed by atoms with Crippen LogP contribution in [-0.4, -0.2) is 15.9 Å². The molecule has 21 heavy (non-hydrogen) atoms. The van der Waals surface area contributed by atoms with Crippen molar-refractivity contribution in [3.05, 3.63) is 66.0 Å². The van der Waals surface area contributed by atoms with Crippen molar-refractivity contribution in [1.29, 1.82) is 0 Å². The zero-order valence-electron chi connectivity index (χ0n) is 11.7. The Hall–Kier alpha value is -2.62. The molecule has 0 fully saturated rings. The SMILES string of the molecule is O=C(CCc1ccccc1)NCc1nc2ccccc2[nH]1. The van der Waals surface area contributed by atoms with Gasteiger partial charge in [-0.05, 0) is 24.1 Å². The minimum Gasteiger partial charge on any atom is -0.349 e. The Bertz CT molecular complexity index is 701. The van der Waals surface area contributed by atoms with Crippen LogP contribution in [0.4, 0.5) is 0 Å². The molecule has 106 valence electrons. The van der Waals surface area contributed by atoms with Gasteiger partial charge in [0.2, 0.25) is 5.91 Å². The van der Waals surface area contributed by atoms with E-state index in [0.29, 0.717) is 13.0 Å². The average molecular weight is 279 g/mol. The van der Waals surface area contributed by atoms with E-state index in [1.54, 1.807) is 0 Å². The van der Waals surface area contributed by atoms with Crippen LogP contribution >= 0.6 is 0 Å². The van der Waals surface area contributed by atoms with Crippen LogP contribution in [0.25, 0.3) is 11.0 Å². The van der Waals surface area contributed by atoms with E-state index in [2.05, 4.69) is 15.3 Å². The minimum absolute atomic E-state index is 0.0410. The second-order valence-electron chi connectivity index (χ2n) is 4.96. The number of amides is 1. The van der Waals surface area contributed by atoms with Crippen LogP contribution in [0.2, 0.25) is 0 Å². The van der Waals surface area contributed by atoms with E-state index < -0.39 is 0 Å². The van der Waals surface area contributed by atoms with Crippen molar-refractivity contribution in [1.82, 2.24) is 15.3 Å². The number of aryl methyl sites for hydroxylation is 1. The van der Waals surface area contributed by atoms with Crippen molar-refractivity contribution < 1.29 is 4.79 Å². The number of nitrogens with zero attached hydrogens (tertiary/aromatic N) is 1. The fraction of sp³-hybridized carbons (Fsp3) is 0.176. The van der Waals surface area contributed by atoms with E-state index in [1.807, 2.05) is 54.6 Å². The highest BCUT2D eigenvalue weighted by Gasteiger charge is 2.05. The number of imidazole rings is 1. The number of nitrogens with one attached hydrogen (secondary N) is 2. The van der Waals surface area contributed by atoms with Crippen LogP contribution in [0.1, 0.15) is 17.8 Å². The summed E-state index contributed by atoms with van der Waals surface area (Å²) in [5, 5.41) is 2.90. The first kappa shape index (κ1) is 13.4. The number of aromatic nitrogens is 2. The summed E-state index contributed by atoms with van der Waals surface area (Å²) in [7, 11) is 0. The van der Waals surface area contributed by atoms with Gasteiger partial charge < -0.3 is 10.3 Å². The smallest absolute Gasteiger partial charge is 0.220 e. The van der Waals surface area contributed by atoms with Gasteiger partial charge in [0.25, 0.3) is 0 Å². The number of H-pyrrole nitrogens is 1. The molecule has 3 rings (SSSR count). The molecule has 1 amide bonds. The summed E-state index contributed by atoms with van der Waals surface area (Å²) in [6.45, 7) is 0.433. The molecule has 4 nitrogen and oxygen atoms in total. The molecule has 0 saturated carbocycles. The van der Waals surface area contributed by atoms with Crippen LogP contribution in [-0.2, 0) is 17.8 Å². The Kier molecular flexibility index (Phi) is 3.96. The number of hydrogen-bond donors (Lipinski definition) is 2. The fourth-order valence-electron chi connectivity index (χ4n) is 2.26. The Morgan fingerprint density at radius 3 is 2.62 bits per heavy atom.